The number of aromatic nitrogens is 2. The summed E-state index contributed by atoms with van der Waals surface area (Å²) in [5.74, 6) is 0.582. The van der Waals surface area contributed by atoms with Crippen molar-refractivity contribution in [2.24, 2.45) is 5.16 Å². The molecule has 1 N–H and O–H groups in total. The van der Waals surface area contributed by atoms with E-state index in [-0.39, 0.29) is 11.0 Å². The zero-order valence-electron chi connectivity index (χ0n) is 17.0. The van der Waals surface area contributed by atoms with Crippen molar-refractivity contribution in [3.05, 3.63) is 78.6 Å². The van der Waals surface area contributed by atoms with Crippen LogP contribution in [0.25, 0.3) is 22.2 Å². The largest absolute Gasteiger partial charge is 0.491 e. The topological polar surface area (TPSA) is 93.8 Å². The normalized spacial score (nSPS) is 12.1. The van der Waals surface area contributed by atoms with Gasteiger partial charge in [0.1, 0.15) is 5.75 Å². The van der Waals surface area contributed by atoms with Crippen molar-refractivity contribution in [1.82, 2.24) is 8.96 Å². The Morgan fingerprint density at radius 1 is 1.10 bits per heavy atom. The molecule has 31 heavy (non-hydrogen) atoms. The molecule has 0 spiro atoms. The molecule has 0 radical (unpaired) electrons. The predicted molar refractivity (Wildman–Crippen MR) is 119 cm³/mol. The number of pyridine rings is 1. The SMILES string of the molecule is CC(C)Oc1cc(/C=N/O)cc(-c2cn(S(=O)(=O)c3ccccc3)c3ncccc23)c1. The summed E-state index contributed by atoms with van der Waals surface area (Å²) >= 11 is 0. The van der Waals surface area contributed by atoms with E-state index >= 15 is 0 Å². The summed E-state index contributed by atoms with van der Waals surface area (Å²) in [6.07, 6.45) is 4.37. The van der Waals surface area contributed by atoms with Gasteiger partial charge in [0, 0.05) is 28.9 Å². The summed E-state index contributed by atoms with van der Waals surface area (Å²) in [5, 5.41) is 12.8. The Bertz CT molecular complexity index is 1360. The minimum absolute atomic E-state index is 0.0596. The molecule has 0 fully saturated rings. The molecular formula is C23H21N3O4S. The van der Waals surface area contributed by atoms with E-state index in [4.69, 9.17) is 9.94 Å². The summed E-state index contributed by atoms with van der Waals surface area (Å²) in [6.45, 7) is 3.82. The first-order chi connectivity index (χ1) is 14.9. The molecular weight excluding hydrogens is 414 g/mol. The molecule has 4 rings (SSSR count). The van der Waals surface area contributed by atoms with E-state index in [9.17, 15) is 8.42 Å². The summed E-state index contributed by atoms with van der Waals surface area (Å²) < 4.78 is 33.7. The maximum atomic E-state index is 13.3. The van der Waals surface area contributed by atoms with Gasteiger partial charge in [0.15, 0.2) is 5.65 Å². The highest BCUT2D eigenvalue weighted by molar-refractivity contribution is 7.90. The van der Waals surface area contributed by atoms with Crippen molar-refractivity contribution in [3.63, 3.8) is 0 Å². The molecule has 158 valence electrons. The smallest absolute Gasteiger partial charge is 0.269 e. The van der Waals surface area contributed by atoms with Crippen molar-refractivity contribution in [2.75, 3.05) is 0 Å². The summed E-state index contributed by atoms with van der Waals surface area (Å²) in [4.78, 5) is 4.51. The Morgan fingerprint density at radius 3 is 2.58 bits per heavy atom. The van der Waals surface area contributed by atoms with Gasteiger partial charge >= 0.3 is 0 Å². The van der Waals surface area contributed by atoms with E-state index in [1.165, 1.54) is 10.2 Å². The number of nitrogens with zero attached hydrogens (tertiary/aromatic N) is 3. The van der Waals surface area contributed by atoms with Crippen molar-refractivity contribution in [3.8, 4) is 16.9 Å². The molecule has 0 bridgehead atoms. The number of benzene rings is 2. The van der Waals surface area contributed by atoms with Crippen LogP contribution in [0.4, 0.5) is 0 Å². The molecule has 0 amide bonds. The van der Waals surface area contributed by atoms with Crippen LogP contribution in [0, 0.1) is 0 Å². The number of oxime groups is 1. The molecule has 8 heteroatoms. The third-order valence-electron chi connectivity index (χ3n) is 4.65. The molecule has 0 saturated carbocycles. The molecule has 0 atom stereocenters. The minimum Gasteiger partial charge on any atom is -0.491 e. The third-order valence-corrected chi connectivity index (χ3v) is 6.31. The van der Waals surface area contributed by atoms with Crippen molar-refractivity contribution in [1.29, 1.82) is 0 Å². The molecule has 0 saturated heterocycles. The fraction of sp³-hybridized carbons (Fsp3) is 0.130. The van der Waals surface area contributed by atoms with E-state index < -0.39 is 10.0 Å². The summed E-state index contributed by atoms with van der Waals surface area (Å²) in [5.41, 5.74) is 2.33. The van der Waals surface area contributed by atoms with Crippen LogP contribution < -0.4 is 4.74 Å². The monoisotopic (exact) mass is 435 g/mol. The lowest BCUT2D eigenvalue weighted by Gasteiger charge is -2.12. The van der Waals surface area contributed by atoms with Crippen LogP contribution in [0.1, 0.15) is 19.4 Å². The fourth-order valence-corrected chi connectivity index (χ4v) is 4.75. The van der Waals surface area contributed by atoms with Gasteiger partial charge in [-0.05, 0) is 61.9 Å². The molecule has 0 aliphatic heterocycles. The second-order valence-electron chi connectivity index (χ2n) is 7.23. The zero-order chi connectivity index (χ0) is 22.0. The molecule has 0 aliphatic rings. The van der Waals surface area contributed by atoms with Crippen LogP contribution in [-0.2, 0) is 10.0 Å². The summed E-state index contributed by atoms with van der Waals surface area (Å²) in [7, 11) is -3.85. The van der Waals surface area contributed by atoms with E-state index in [0.29, 0.717) is 33.5 Å². The molecule has 2 heterocycles. The van der Waals surface area contributed by atoms with E-state index in [0.717, 1.165) is 0 Å². The van der Waals surface area contributed by atoms with Gasteiger partial charge in [-0.25, -0.2) is 17.4 Å². The molecule has 2 aromatic heterocycles. The lowest BCUT2D eigenvalue weighted by molar-refractivity contribution is 0.242. The Kier molecular flexibility index (Phi) is 5.48. The van der Waals surface area contributed by atoms with Gasteiger partial charge < -0.3 is 9.94 Å². The number of hydrogen-bond donors (Lipinski definition) is 1. The minimum atomic E-state index is -3.85. The predicted octanol–water partition coefficient (Wildman–Crippen LogP) is 4.54. The van der Waals surface area contributed by atoms with Crippen LogP contribution in [0.2, 0.25) is 0 Å². The van der Waals surface area contributed by atoms with Crippen LogP contribution in [0.15, 0.2) is 83.1 Å². The number of ether oxygens (including phenoxy) is 1. The van der Waals surface area contributed by atoms with Gasteiger partial charge in [-0.1, -0.05) is 23.4 Å². The fourth-order valence-electron chi connectivity index (χ4n) is 3.41. The van der Waals surface area contributed by atoms with Gasteiger partial charge in [0.25, 0.3) is 10.0 Å². The van der Waals surface area contributed by atoms with E-state index in [2.05, 4.69) is 10.1 Å². The van der Waals surface area contributed by atoms with Gasteiger partial charge in [-0.2, -0.15) is 0 Å². The van der Waals surface area contributed by atoms with E-state index in [1.54, 1.807) is 60.9 Å². The Balaban J connectivity index is 1.96. The molecule has 2 aromatic carbocycles. The highest BCUT2D eigenvalue weighted by Gasteiger charge is 2.22. The number of rotatable bonds is 6. The Hall–Kier alpha value is -3.65. The maximum Gasteiger partial charge on any atom is 0.269 e. The lowest BCUT2D eigenvalue weighted by atomic mass is 10.0. The first-order valence-electron chi connectivity index (χ1n) is 9.66. The molecule has 7 nitrogen and oxygen atoms in total. The highest BCUT2D eigenvalue weighted by atomic mass is 32.2. The van der Waals surface area contributed by atoms with E-state index in [1.807, 2.05) is 26.0 Å². The first kappa shape index (κ1) is 20.6. The Morgan fingerprint density at radius 2 is 1.87 bits per heavy atom. The molecule has 4 aromatic rings. The lowest BCUT2D eigenvalue weighted by Crippen LogP contribution is -2.12. The van der Waals surface area contributed by atoms with Gasteiger partial charge in [-0.3, -0.25) is 0 Å². The van der Waals surface area contributed by atoms with Gasteiger partial charge in [0.05, 0.1) is 17.2 Å². The number of fused-ring (bicyclic) bond motifs is 1. The van der Waals surface area contributed by atoms with Crippen molar-refractivity contribution in [2.45, 2.75) is 24.8 Å². The van der Waals surface area contributed by atoms with Crippen molar-refractivity contribution >= 4 is 27.3 Å². The second-order valence-corrected chi connectivity index (χ2v) is 9.05. The average Bonchev–Trinajstić information content (AvgIpc) is 3.15. The standard InChI is InChI=1S/C23H21N3O4S/c1-16(2)30-19-12-17(14-25-27)11-18(13-19)22-15-26(23-21(22)9-6-10-24-23)31(28,29)20-7-4-3-5-8-20/h3-16,27H,1-2H3/b25-14+. The van der Waals surface area contributed by atoms with Crippen LogP contribution in [0.5, 0.6) is 5.75 Å². The molecule has 0 unspecified atom stereocenters. The first-order valence-corrected chi connectivity index (χ1v) is 11.1. The maximum absolute atomic E-state index is 13.3. The number of hydrogen-bond acceptors (Lipinski definition) is 6. The second kappa shape index (κ2) is 8.23. The van der Waals surface area contributed by atoms with Crippen LogP contribution in [-0.4, -0.2) is 34.9 Å². The molecule has 0 aliphatic carbocycles. The quantitative estimate of drug-likeness (QED) is 0.273. The van der Waals surface area contributed by atoms with Crippen LogP contribution in [0.3, 0.4) is 0 Å². The van der Waals surface area contributed by atoms with Gasteiger partial charge in [0.2, 0.25) is 0 Å². The average molecular weight is 436 g/mol. The third kappa shape index (κ3) is 4.02. The Labute approximate surface area is 180 Å². The van der Waals surface area contributed by atoms with Crippen LogP contribution >= 0.6 is 0 Å². The van der Waals surface area contributed by atoms with Crippen molar-refractivity contribution < 1.29 is 18.4 Å². The van der Waals surface area contributed by atoms with Gasteiger partial charge in [-0.15, -0.1) is 0 Å². The zero-order valence-corrected chi connectivity index (χ0v) is 17.8. The summed E-state index contributed by atoms with van der Waals surface area (Å²) in [6, 6.07) is 17.2. The highest BCUT2D eigenvalue weighted by Crippen LogP contribution is 2.34.